The number of hydrogen-bond donors (Lipinski definition) is 1. The Kier molecular flexibility index (Phi) is 10.9. The van der Waals surface area contributed by atoms with Crippen LogP contribution in [0.1, 0.15) is 91.9 Å². The van der Waals surface area contributed by atoms with E-state index in [0.29, 0.717) is 6.42 Å². The van der Waals surface area contributed by atoms with Crippen molar-refractivity contribution in [3.63, 3.8) is 0 Å². The predicted molar refractivity (Wildman–Crippen MR) is 90.4 cm³/mol. The van der Waals surface area contributed by atoms with Crippen molar-refractivity contribution in [2.75, 3.05) is 0 Å². The average molecular weight is 313 g/mol. The lowest BCUT2D eigenvalue weighted by molar-refractivity contribution is -0.161. The molecule has 0 bridgehead atoms. The van der Waals surface area contributed by atoms with Gasteiger partial charge < -0.3 is 10.5 Å². The number of unbranched alkanes of at least 4 members (excludes halogenated alkanes) is 7. The number of rotatable bonds is 12. The number of nitrogens with two attached hydrogens (primary N) is 1. The molecule has 4 heteroatoms. The van der Waals surface area contributed by atoms with E-state index in [1.807, 2.05) is 20.8 Å². The van der Waals surface area contributed by atoms with Crippen molar-refractivity contribution < 1.29 is 14.3 Å². The van der Waals surface area contributed by atoms with E-state index < -0.39 is 17.4 Å². The molecule has 0 aliphatic carbocycles. The highest BCUT2D eigenvalue weighted by atomic mass is 16.6. The lowest BCUT2D eigenvalue weighted by atomic mass is 9.96. The Hall–Kier alpha value is -1.06. The van der Waals surface area contributed by atoms with Gasteiger partial charge in [-0.15, -0.1) is 0 Å². The Morgan fingerprint density at radius 3 is 1.91 bits per heavy atom. The second-order valence-corrected chi connectivity index (χ2v) is 7.16. The van der Waals surface area contributed by atoms with Gasteiger partial charge in [-0.1, -0.05) is 58.3 Å². The van der Waals surface area contributed by atoms with Gasteiger partial charge in [0, 0.05) is 6.42 Å². The smallest absolute Gasteiger partial charge is 0.309 e. The molecule has 4 nitrogen and oxygen atoms in total. The van der Waals surface area contributed by atoms with Crippen molar-refractivity contribution in [1.29, 1.82) is 0 Å². The van der Waals surface area contributed by atoms with Crippen LogP contribution in [0.25, 0.3) is 0 Å². The topological polar surface area (TPSA) is 69.4 Å². The number of carbonyl (C=O) groups is 2. The zero-order valence-corrected chi connectivity index (χ0v) is 15.0. The third-order valence-corrected chi connectivity index (χ3v) is 3.59. The van der Waals surface area contributed by atoms with Gasteiger partial charge in [0.25, 0.3) is 0 Å². The summed E-state index contributed by atoms with van der Waals surface area (Å²) >= 11 is 0. The highest BCUT2D eigenvalue weighted by Gasteiger charge is 2.26. The molecule has 130 valence electrons. The first-order valence-electron chi connectivity index (χ1n) is 8.77. The molecule has 0 radical (unpaired) electrons. The summed E-state index contributed by atoms with van der Waals surface area (Å²) in [6.07, 6.45) is 10.5. The van der Waals surface area contributed by atoms with Gasteiger partial charge in [-0.2, -0.15) is 0 Å². The highest BCUT2D eigenvalue weighted by Crippen LogP contribution is 2.20. The van der Waals surface area contributed by atoms with E-state index in [0.717, 1.165) is 12.8 Å². The summed E-state index contributed by atoms with van der Waals surface area (Å²) in [6, 6.07) is 0. The Bertz CT molecular complexity index is 321. The van der Waals surface area contributed by atoms with E-state index in [1.54, 1.807) is 0 Å². The molecule has 0 aromatic carbocycles. The maximum absolute atomic E-state index is 12.1. The molecule has 0 aromatic heterocycles. The summed E-state index contributed by atoms with van der Waals surface area (Å²) in [7, 11) is 0. The maximum Gasteiger partial charge on any atom is 0.309 e. The summed E-state index contributed by atoms with van der Waals surface area (Å²) in [6.45, 7) is 7.73. The fourth-order valence-corrected chi connectivity index (χ4v) is 2.46. The third-order valence-electron chi connectivity index (χ3n) is 3.59. The van der Waals surface area contributed by atoms with Crippen LogP contribution in [0.5, 0.6) is 0 Å². The molecule has 22 heavy (non-hydrogen) atoms. The number of primary amides is 1. The number of amides is 1. The van der Waals surface area contributed by atoms with Crippen LogP contribution in [0.4, 0.5) is 0 Å². The van der Waals surface area contributed by atoms with Crippen molar-refractivity contribution in [3.8, 4) is 0 Å². The molecule has 0 aliphatic heterocycles. The van der Waals surface area contributed by atoms with Gasteiger partial charge in [0.05, 0.1) is 5.92 Å². The first-order chi connectivity index (χ1) is 10.3. The fourth-order valence-electron chi connectivity index (χ4n) is 2.46. The van der Waals surface area contributed by atoms with Gasteiger partial charge in [0.2, 0.25) is 5.91 Å². The molecular formula is C18H35NO3. The number of esters is 1. The number of ether oxygens (including phenoxy) is 1. The van der Waals surface area contributed by atoms with Gasteiger partial charge in [0.1, 0.15) is 5.60 Å². The monoisotopic (exact) mass is 313 g/mol. The summed E-state index contributed by atoms with van der Waals surface area (Å²) in [5.41, 5.74) is 4.73. The molecule has 0 aliphatic rings. The first-order valence-corrected chi connectivity index (χ1v) is 8.77. The van der Waals surface area contributed by atoms with Crippen LogP contribution in [0.15, 0.2) is 0 Å². The van der Waals surface area contributed by atoms with Crippen LogP contribution in [0, 0.1) is 5.92 Å². The molecule has 0 fully saturated rings. The van der Waals surface area contributed by atoms with Crippen LogP contribution in [-0.2, 0) is 14.3 Å². The van der Waals surface area contributed by atoms with Gasteiger partial charge in [-0.3, -0.25) is 9.59 Å². The summed E-state index contributed by atoms with van der Waals surface area (Å²) in [5.74, 6) is -1.12. The van der Waals surface area contributed by atoms with E-state index in [4.69, 9.17) is 10.5 Å². The summed E-state index contributed by atoms with van der Waals surface area (Å²) in [5, 5.41) is 0. The minimum atomic E-state index is -0.522. The molecule has 0 saturated carbocycles. The summed E-state index contributed by atoms with van der Waals surface area (Å²) in [4.78, 5) is 23.2. The van der Waals surface area contributed by atoms with E-state index in [1.165, 1.54) is 38.5 Å². The second kappa shape index (κ2) is 11.5. The Balaban J connectivity index is 4.00. The molecule has 0 spiro atoms. The zero-order chi connectivity index (χ0) is 17.0. The Morgan fingerprint density at radius 2 is 1.45 bits per heavy atom. The van der Waals surface area contributed by atoms with Crippen LogP contribution >= 0.6 is 0 Å². The molecule has 0 heterocycles. The lowest BCUT2D eigenvalue weighted by Crippen LogP contribution is -2.31. The minimum Gasteiger partial charge on any atom is -0.460 e. The van der Waals surface area contributed by atoms with E-state index >= 15 is 0 Å². The molecule has 0 aromatic rings. The van der Waals surface area contributed by atoms with Crippen molar-refractivity contribution in [2.45, 2.75) is 97.5 Å². The van der Waals surface area contributed by atoms with Gasteiger partial charge in [0.15, 0.2) is 0 Å². The number of carbonyl (C=O) groups excluding carboxylic acids is 2. The van der Waals surface area contributed by atoms with E-state index in [-0.39, 0.29) is 12.4 Å². The molecule has 1 unspecified atom stereocenters. The zero-order valence-electron chi connectivity index (χ0n) is 15.0. The van der Waals surface area contributed by atoms with Gasteiger partial charge in [-0.05, 0) is 27.2 Å². The molecule has 1 amide bonds. The van der Waals surface area contributed by atoms with Crippen LogP contribution in [0.3, 0.4) is 0 Å². The first kappa shape index (κ1) is 20.9. The quantitative estimate of drug-likeness (QED) is 0.430. The minimum absolute atomic E-state index is 0.0887. The fraction of sp³-hybridized carbons (Fsp3) is 0.889. The maximum atomic E-state index is 12.1. The second-order valence-electron chi connectivity index (χ2n) is 7.16. The SMILES string of the molecule is CCCCCCCCCCC(CC(N)=O)C(=O)OC(C)(C)C. The van der Waals surface area contributed by atoms with Crippen molar-refractivity contribution in [1.82, 2.24) is 0 Å². The molecule has 2 N–H and O–H groups in total. The normalized spacial score (nSPS) is 12.9. The molecule has 0 rings (SSSR count). The largest absolute Gasteiger partial charge is 0.460 e. The van der Waals surface area contributed by atoms with Crippen LogP contribution in [0.2, 0.25) is 0 Å². The van der Waals surface area contributed by atoms with Gasteiger partial charge >= 0.3 is 5.97 Å². The highest BCUT2D eigenvalue weighted by molar-refractivity contribution is 5.82. The van der Waals surface area contributed by atoms with E-state index in [9.17, 15) is 9.59 Å². The Morgan fingerprint density at radius 1 is 0.955 bits per heavy atom. The summed E-state index contributed by atoms with van der Waals surface area (Å²) < 4.78 is 5.38. The lowest BCUT2D eigenvalue weighted by Gasteiger charge is -2.23. The van der Waals surface area contributed by atoms with Crippen LogP contribution in [-0.4, -0.2) is 17.5 Å². The average Bonchev–Trinajstić information content (AvgIpc) is 2.38. The van der Waals surface area contributed by atoms with Crippen molar-refractivity contribution in [3.05, 3.63) is 0 Å². The van der Waals surface area contributed by atoms with Crippen LogP contribution < -0.4 is 5.73 Å². The molecular weight excluding hydrogens is 278 g/mol. The molecule has 0 saturated heterocycles. The van der Waals surface area contributed by atoms with Crippen molar-refractivity contribution >= 4 is 11.9 Å². The number of hydrogen-bond acceptors (Lipinski definition) is 3. The van der Waals surface area contributed by atoms with Crippen molar-refractivity contribution in [2.24, 2.45) is 11.7 Å². The predicted octanol–water partition coefficient (Wildman–Crippen LogP) is 4.35. The standard InChI is InChI=1S/C18H35NO3/c1-5-6-7-8-9-10-11-12-13-15(14-16(19)20)17(21)22-18(2,3)4/h15H,5-14H2,1-4H3,(H2,19,20). The van der Waals surface area contributed by atoms with Gasteiger partial charge in [-0.25, -0.2) is 0 Å². The Labute approximate surface area is 136 Å². The third kappa shape index (κ3) is 12.7. The van der Waals surface area contributed by atoms with E-state index in [2.05, 4.69) is 6.92 Å². The molecule has 1 atom stereocenters.